The predicted octanol–water partition coefficient (Wildman–Crippen LogP) is 7.07. The Bertz CT molecular complexity index is 1340. The number of piperidine rings is 1. The number of alkyl halides is 3. The van der Waals surface area contributed by atoms with Gasteiger partial charge in [-0.2, -0.15) is 13.2 Å². The zero-order chi connectivity index (χ0) is 23.3. The zero-order valence-electron chi connectivity index (χ0n) is 18.4. The van der Waals surface area contributed by atoms with Gasteiger partial charge in [0.15, 0.2) is 0 Å². The van der Waals surface area contributed by atoms with Gasteiger partial charge in [0.2, 0.25) is 0 Å². The summed E-state index contributed by atoms with van der Waals surface area (Å²) in [5, 5.41) is 7.89. The van der Waals surface area contributed by atoms with Gasteiger partial charge in [0, 0.05) is 44.5 Å². The normalized spacial score (nSPS) is 16.3. The smallest absolute Gasteiger partial charge is 0.382 e. The molecule has 7 heteroatoms. The van der Waals surface area contributed by atoms with Crippen LogP contribution in [0.1, 0.15) is 29.5 Å². The molecule has 174 valence electrons. The summed E-state index contributed by atoms with van der Waals surface area (Å²) in [4.78, 5) is 5.15. The van der Waals surface area contributed by atoms with E-state index in [1.807, 2.05) is 18.2 Å². The molecule has 34 heavy (non-hydrogen) atoms. The molecule has 1 saturated heterocycles. The van der Waals surface area contributed by atoms with E-state index in [1.165, 1.54) is 23.9 Å². The molecule has 0 saturated carbocycles. The fourth-order valence-corrected chi connectivity index (χ4v) is 6.08. The van der Waals surface area contributed by atoms with Gasteiger partial charge in [-0.05, 0) is 73.0 Å². The first kappa shape index (κ1) is 21.6. The lowest BCUT2D eigenvalue weighted by Gasteiger charge is -2.29. The molecule has 3 aromatic carbocycles. The minimum Gasteiger partial charge on any atom is -0.382 e. The molecule has 6 rings (SSSR count). The summed E-state index contributed by atoms with van der Waals surface area (Å²) in [6, 6.07) is 19.3. The average molecular weight is 480 g/mol. The minimum absolute atomic E-state index is 0.185. The van der Waals surface area contributed by atoms with Crippen LogP contribution in [0.15, 0.2) is 70.5 Å². The van der Waals surface area contributed by atoms with Crippen LogP contribution in [0.25, 0.3) is 22.2 Å². The van der Waals surface area contributed by atoms with Crippen molar-refractivity contribution in [2.45, 2.75) is 41.3 Å². The summed E-state index contributed by atoms with van der Waals surface area (Å²) in [6.45, 7) is 1.76. The number of aromatic amines is 1. The molecule has 0 bridgehead atoms. The molecule has 3 N–H and O–H groups in total. The van der Waals surface area contributed by atoms with Crippen LogP contribution in [-0.4, -0.2) is 24.1 Å². The lowest BCUT2D eigenvalue weighted by Crippen LogP contribution is -2.35. The molecule has 4 aromatic rings. The maximum atomic E-state index is 13.7. The van der Waals surface area contributed by atoms with E-state index in [0.717, 1.165) is 64.1 Å². The van der Waals surface area contributed by atoms with Gasteiger partial charge in [-0.15, -0.1) is 0 Å². The molecule has 0 unspecified atom stereocenters. The second kappa shape index (κ2) is 8.40. The van der Waals surface area contributed by atoms with Crippen molar-refractivity contribution >= 4 is 28.4 Å². The van der Waals surface area contributed by atoms with E-state index in [1.54, 1.807) is 0 Å². The molecule has 3 heterocycles. The quantitative estimate of drug-likeness (QED) is 0.259. The largest absolute Gasteiger partial charge is 0.416 e. The van der Waals surface area contributed by atoms with Crippen molar-refractivity contribution in [2.24, 2.45) is 0 Å². The Balaban J connectivity index is 1.37. The first-order chi connectivity index (χ1) is 16.4. The maximum Gasteiger partial charge on any atom is 0.416 e. The van der Waals surface area contributed by atoms with Crippen LogP contribution >= 0.6 is 11.8 Å². The number of H-pyrrole nitrogens is 1. The second-order valence-corrected chi connectivity index (χ2v) is 10.1. The van der Waals surface area contributed by atoms with Crippen LogP contribution in [0.5, 0.6) is 0 Å². The number of hydrogen-bond donors (Lipinski definition) is 3. The van der Waals surface area contributed by atoms with E-state index < -0.39 is 11.7 Å². The first-order valence-electron chi connectivity index (χ1n) is 11.5. The topological polar surface area (TPSA) is 39.8 Å². The summed E-state index contributed by atoms with van der Waals surface area (Å²) in [5.41, 5.74) is 5.24. The molecule has 3 nitrogen and oxygen atoms in total. The van der Waals surface area contributed by atoms with Gasteiger partial charge in [-0.1, -0.05) is 42.1 Å². The number of halogens is 3. The first-order valence-corrected chi connectivity index (χ1v) is 12.4. The van der Waals surface area contributed by atoms with Crippen molar-refractivity contribution in [3.8, 4) is 11.3 Å². The molecule has 2 aliphatic heterocycles. The number of aromatic nitrogens is 1. The lowest BCUT2D eigenvalue weighted by molar-refractivity contribution is -0.137. The number of hydrogen-bond acceptors (Lipinski definition) is 3. The van der Waals surface area contributed by atoms with E-state index >= 15 is 0 Å². The minimum atomic E-state index is -4.38. The van der Waals surface area contributed by atoms with Crippen molar-refractivity contribution < 1.29 is 13.2 Å². The SMILES string of the molecule is FC(F)(F)c1cc(NC2CCNCC2)c2c(c1)Sc1cc(-c3cc4ccccc4[nH]3)ccc1C2. The Morgan fingerprint density at radius 2 is 1.74 bits per heavy atom. The second-order valence-electron chi connectivity index (χ2n) is 9.04. The fourth-order valence-electron chi connectivity index (χ4n) is 4.90. The Labute approximate surface area is 200 Å². The number of rotatable bonds is 3. The highest BCUT2D eigenvalue weighted by Crippen LogP contribution is 2.46. The van der Waals surface area contributed by atoms with Gasteiger partial charge >= 0.3 is 6.18 Å². The van der Waals surface area contributed by atoms with E-state index in [2.05, 4.69) is 45.9 Å². The molecule has 0 aliphatic carbocycles. The monoisotopic (exact) mass is 479 g/mol. The van der Waals surface area contributed by atoms with Gasteiger partial charge < -0.3 is 15.6 Å². The summed E-state index contributed by atoms with van der Waals surface area (Å²) < 4.78 is 41.2. The highest BCUT2D eigenvalue weighted by atomic mass is 32.2. The number of anilines is 1. The Kier molecular flexibility index (Phi) is 5.34. The van der Waals surface area contributed by atoms with E-state index in [9.17, 15) is 13.2 Å². The maximum absolute atomic E-state index is 13.7. The number of para-hydroxylation sites is 1. The molecule has 0 amide bonds. The Hall–Kier alpha value is -2.90. The summed E-state index contributed by atoms with van der Waals surface area (Å²) in [7, 11) is 0. The van der Waals surface area contributed by atoms with Gasteiger partial charge in [-0.25, -0.2) is 0 Å². The van der Waals surface area contributed by atoms with Crippen LogP contribution in [0, 0.1) is 0 Å². The lowest BCUT2D eigenvalue weighted by atomic mass is 9.97. The van der Waals surface area contributed by atoms with Gasteiger partial charge in [-0.3, -0.25) is 0 Å². The molecule has 0 atom stereocenters. The van der Waals surface area contributed by atoms with Gasteiger partial charge in [0.05, 0.1) is 5.56 Å². The summed E-state index contributed by atoms with van der Waals surface area (Å²) in [5.74, 6) is 0. The molecule has 2 aliphatic rings. The van der Waals surface area contributed by atoms with Crippen LogP contribution in [0.2, 0.25) is 0 Å². The predicted molar refractivity (Wildman–Crippen MR) is 132 cm³/mol. The number of nitrogens with one attached hydrogen (secondary N) is 3. The third-order valence-electron chi connectivity index (χ3n) is 6.73. The highest BCUT2D eigenvalue weighted by Gasteiger charge is 2.34. The van der Waals surface area contributed by atoms with Crippen molar-refractivity contribution in [1.29, 1.82) is 0 Å². The number of fused-ring (bicyclic) bond motifs is 3. The standard InChI is InChI=1S/C27H24F3N3S/c28-27(29,30)19-14-24(32-20-7-9-31-10-8-20)21-11-18-6-5-17(13-25(18)34-26(21)15-19)23-12-16-3-1-2-4-22(16)33-23/h1-6,12-15,20,31-33H,7-11H2. The fraction of sp³-hybridized carbons (Fsp3) is 0.259. The van der Waals surface area contributed by atoms with Crippen molar-refractivity contribution in [1.82, 2.24) is 10.3 Å². The molecule has 0 spiro atoms. The van der Waals surface area contributed by atoms with E-state index in [-0.39, 0.29) is 6.04 Å². The Morgan fingerprint density at radius 3 is 2.53 bits per heavy atom. The van der Waals surface area contributed by atoms with Gasteiger partial charge in [0.1, 0.15) is 0 Å². The Morgan fingerprint density at radius 1 is 0.912 bits per heavy atom. The third-order valence-corrected chi connectivity index (χ3v) is 7.91. The van der Waals surface area contributed by atoms with Crippen molar-refractivity contribution in [2.75, 3.05) is 18.4 Å². The van der Waals surface area contributed by atoms with Crippen LogP contribution in [0.4, 0.5) is 18.9 Å². The molecular formula is C27H24F3N3S. The average Bonchev–Trinajstić information content (AvgIpc) is 3.27. The third kappa shape index (κ3) is 4.07. The summed E-state index contributed by atoms with van der Waals surface area (Å²) in [6.07, 6.45) is -1.95. The van der Waals surface area contributed by atoms with Gasteiger partial charge in [0.25, 0.3) is 0 Å². The van der Waals surface area contributed by atoms with E-state index in [4.69, 9.17) is 0 Å². The van der Waals surface area contributed by atoms with Crippen LogP contribution in [0.3, 0.4) is 0 Å². The van der Waals surface area contributed by atoms with Crippen molar-refractivity contribution in [3.05, 3.63) is 77.4 Å². The van der Waals surface area contributed by atoms with E-state index in [0.29, 0.717) is 17.0 Å². The van der Waals surface area contributed by atoms with Crippen LogP contribution < -0.4 is 10.6 Å². The van der Waals surface area contributed by atoms with Crippen molar-refractivity contribution in [3.63, 3.8) is 0 Å². The molecule has 0 radical (unpaired) electrons. The molecule has 1 fully saturated rings. The molecular weight excluding hydrogens is 455 g/mol. The summed E-state index contributed by atoms with van der Waals surface area (Å²) >= 11 is 1.44. The number of benzene rings is 3. The van der Waals surface area contributed by atoms with Crippen LogP contribution in [-0.2, 0) is 12.6 Å². The highest BCUT2D eigenvalue weighted by molar-refractivity contribution is 7.99. The molecule has 1 aromatic heterocycles. The zero-order valence-corrected chi connectivity index (χ0v) is 19.2.